The molecule has 6 N–H and O–H groups in total. The number of alkyl halides is 3. The number of hydrogen-bond acceptors (Lipinski definition) is 9. The second-order valence-corrected chi connectivity index (χ2v) is 12.5. The number of aromatic nitrogens is 5. The van der Waals surface area contributed by atoms with Crippen molar-refractivity contribution in [3.05, 3.63) is 76.6 Å². The number of likely N-dealkylation sites (tertiary alicyclic amines) is 1. The summed E-state index contributed by atoms with van der Waals surface area (Å²) in [7, 11) is 0. The van der Waals surface area contributed by atoms with Gasteiger partial charge in [-0.1, -0.05) is 17.7 Å². The van der Waals surface area contributed by atoms with Crippen molar-refractivity contribution in [1.29, 1.82) is 0 Å². The summed E-state index contributed by atoms with van der Waals surface area (Å²) in [6.07, 6.45) is -0.233. The molecule has 0 radical (unpaired) electrons. The zero-order valence-corrected chi connectivity index (χ0v) is 27.3. The van der Waals surface area contributed by atoms with Gasteiger partial charge in [-0.2, -0.15) is 18.3 Å². The smallest absolute Gasteiger partial charge is 0.397 e. The summed E-state index contributed by atoms with van der Waals surface area (Å²) in [6, 6.07) is 7.52. The second-order valence-electron chi connectivity index (χ2n) is 12.1. The summed E-state index contributed by atoms with van der Waals surface area (Å²) in [5.41, 5.74) is 5.20. The van der Waals surface area contributed by atoms with Gasteiger partial charge >= 0.3 is 6.18 Å². The van der Waals surface area contributed by atoms with Gasteiger partial charge in [-0.3, -0.25) is 14.4 Å². The number of aromatic amines is 1. The van der Waals surface area contributed by atoms with E-state index in [4.69, 9.17) is 17.3 Å². The molecule has 4 aromatic rings. The highest BCUT2D eigenvalue weighted by Gasteiger charge is 2.38. The Kier molecular flexibility index (Phi) is 10.1. The molecule has 1 aromatic carbocycles. The maximum absolute atomic E-state index is 13.9. The number of carbonyl (C=O) groups is 3. The fourth-order valence-corrected chi connectivity index (χ4v) is 6.30. The number of imidazole rings is 1. The van der Waals surface area contributed by atoms with Crippen LogP contribution in [0.1, 0.15) is 45.1 Å². The third kappa shape index (κ3) is 7.59. The van der Waals surface area contributed by atoms with Crippen molar-refractivity contribution < 1.29 is 32.7 Å². The van der Waals surface area contributed by atoms with E-state index in [1.54, 1.807) is 28.0 Å². The lowest BCUT2D eigenvalue weighted by Gasteiger charge is -2.38. The van der Waals surface area contributed by atoms with Crippen molar-refractivity contribution in [2.45, 2.75) is 31.6 Å². The SMILES string of the molecule is Nc1ccc(-n2cc(-c3cnc(C(=O)NCc4ccc(C(=O)N5CCC(C(=O)N6CCN[C@H](CO)C6)CC5)c(Cl)c4)[nH]3)c(C(F)(F)F)n2)nc1. The number of piperazine rings is 1. The van der Waals surface area contributed by atoms with Crippen molar-refractivity contribution >= 4 is 35.0 Å². The van der Waals surface area contributed by atoms with Crippen LogP contribution in [0.5, 0.6) is 0 Å². The van der Waals surface area contributed by atoms with E-state index >= 15 is 0 Å². The number of nitrogens with zero attached hydrogens (tertiary/aromatic N) is 6. The number of halogens is 4. The van der Waals surface area contributed by atoms with E-state index in [9.17, 15) is 32.7 Å². The molecular weight excluding hydrogens is 681 g/mol. The van der Waals surface area contributed by atoms with E-state index in [1.807, 2.05) is 0 Å². The van der Waals surface area contributed by atoms with Crippen molar-refractivity contribution in [3.63, 3.8) is 0 Å². The molecule has 2 fully saturated rings. The molecule has 0 spiro atoms. The van der Waals surface area contributed by atoms with Crippen molar-refractivity contribution in [1.82, 2.24) is 45.2 Å². The van der Waals surface area contributed by atoms with Crippen molar-refractivity contribution in [3.8, 4) is 17.1 Å². The number of aliphatic hydroxyl groups excluding tert-OH is 1. The predicted octanol–water partition coefficient (Wildman–Crippen LogP) is 2.49. The van der Waals surface area contributed by atoms with Gasteiger partial charge in [0.25, 0.3) is 11.8 Å². The Morgan fingerprint density at radius 1 is 1.06 bits per heavy atom. The number of benzene rings is 1. The van der Waals surface area contributed by atoms with E-state index in [-0.39, 0.29) is 70.4 Å². The maximum atomic E-state index is 13.9. The first-order valence-corrected chi connectivity index (χ1v) is 16.2. The summed E-state index contributed by atoms with van der Waals surface area (Å²) < 4.78 is 42.5. The highest BCUT2D eigenvalue weighted by Crippen LogP contribution is 2.36. The summed E-state index contributed by atoms with van der Waals surface area (Å²) in [6.45, 7) is 2.41. The number of carbonyl (C=O) groups excluding carboxylic acids is 3. The van der Waals surface area contributed by atoms with Gasteiger partial charge < -0.3 is 36.3 Å². The van der Waals surface area contributed by atoms with Crippen molar-refractivity contribution in [2.75, 3.05) is 45.1 Å². The van der Waals surface area contributed by atoms with Crippen LogP contribution in [-0.2, 0) is 17.5 Å². The van der Waals surface area contributed by atoms with Crippen LogP contribution in [0.25, 0.3) is 17.1 Å². The number of pyridine rings is 1. The van der Waals surface area contributed by atoms with Gasteiger partial charge in [0.2, 0.25) is 5.91 Å². The average molecular weight is 715 g/mol. The Morgan fingerprint density at radius 3 is 2.52 bits per heavy atom. The molecule has 50 heavy (non-hydrogen) atoms. The molecule has 6 rings (SSSR count). The van der Waals surface area contributed by atoms with Gasteiger partial charge in [0.15, 0.2) is 17.3 Å². The molecule has 2 saturated heterocycles. The van der Waals surface area contributed by atoms with E-state index in [0.29, 0.717) is 56.8 Å². The molecule has 264 valence electrons. The van der Waals surface area contributed by atoms with Gasteiger partial charge in [-0.15, -0.1) is 0 Å². The summed E-state index contributed by atoms with van der Waals surface area (Å²) in [5, 5.41) is 19.1. The predicted molar refractivity (Wildman–Crippen MR) is 175 cm³/mol. The molecule has 18 heteroatoms. The number of anilines is 1. The van der Waals surface area contributed by atoms with Gasteiger partial charge in [0.05, 0.1) is 46.5 Å². The molecular formula is C32H34ClF3N10O4. The molecule has 2 aliphatic heterocycles. The fraction of sp³-hybridized carbons (Fsp3) is 0.375. The average Bonchev–Trinajstić information content (AvgIpc) is 3.79. The lowest BCUT2D eigenvalue weighted by Crippen LogP contribution is -2.56. The molecule has 3 aromatic heterocycles. The Labute approximate surface area is 288 Å². The van der Waals surface area contributed by atoms with Crippen LogP contribution in [-0.4, -0.2) is 103 Å². The van der Waals surface area contributed by atoms with Crippen molar-refractivity contribution in [2.24, 2.45) is 5.92 Å². The molecule has 14 nitrogen and oxygen atoms in total. The van der Waals surface area contributed by atoms with E-state index in [0.717, 1.165) is 17.1 Å². The largest absolute Gasteiger partial charge is 0.435 e. The lowest BCUT2D eigenvalue weighted by molar-refractivity contribution is -0.141. The van der Waals surface area contributed by atoms with Gasteiger partial charge in [0, 0.05) is 57.4 Å². The summed E-state index contributed by atoms with van der Waals surface area (Å²) >= 11 is 6.48. The fourth-order valence-electron chi connectivity index (χ4n) is 6.02. The minimum Gasteiger partial charge on any atom is -0.397 e. The zero-order chi connectivity index (χ0) is 35.6. The van der Waals surface area contributed by atoms with Crippen LogP contribution >= 0.6 is 11.6 Å². The molecule has 0 unspecified atom stereocenters. The van der Waals surface area contributed by atoms with Gasteiger partial charge in [-0.05, 0) is 42.7 Å². The number of amides is 3. The van der Waals surface area contributed by atoms with Crippen LogP contribution in [0, 0.1) is 5.92 Å². The lowest BCUT2D eigenvalue weighted by atomic mass is 9.94. The van der Waals surface area contributed by atoms with E-state index in [1.165, 1.54) is 18.3 Å². The first kappa shape index (κ1) is 34.8. The number of aliphatic hydroxyl groups is 1. The number of nitrogens with one attached hydrogen (secondary N) is 3. The number of piperidine rings is 1. The minimum absolute atomic E-state index is 0.00569. The molecule has 5 heterocycles. The van der Waals surface area contributed by atoms with E-state index in [2.05, 4.69) is 30.7 Å². The van der Waals surface area contributed by atoms with Crippen LogP contribution in [0.3, 0.4) is 0 Å². The van der Waals surface area contributed by atoms with Crippen LogP contribution in [0.2, 0.25) is 5.02 Å². The Balaban J connectivity index is 1.05. The topological polar surface area (TPSA) is 187 Å². The number of H-pyrrole nitrogens is 1. The zero-order valence-electron chi connectivity index (χ0n) is 26.6. The van der Waals surface area contributed by atoms with Crippen LogP contribution < -0.4 is 16.4 Å². The van der Waals surface area contributed by atoms with Gasteiger partial charge in [0.1, 0.15) is 0 Å². The van der Waals surface area contributed by atoms with Crippen LogP contribution in [0.4, 0.5) is 18.9 Å². The summed E-state index contributed by atoms with van der Waals surface area (Å²) in [4.78, 5) is 53.2. The quantitative estimate of drug-likeness (QED) is 0.183. The third-order valence-corrected chi connectivity index (χ3v) is 9.02. The molecule has 0 aliphatic carbocycles. The van der Waals surface area contributed by atoms with Crippen LogP contribution in [0.15, 0.2) is 48.9 Å². The minimum atomic E-state index is -4.80. The number of rotatable bonds is 8. The normalized spacial score (nSPS) is 17.2. The number of nitrogens with two attached hydrogens (primary N) is 1. The number of hydrogen-bond donors (Lipinski definition) is 5. The highest BCUT2D eigenvalue weighted by molar-refractivity contribution is 6.33. The molecule has 0 bridgehead atoms. The Morgan fingerprint density at radius 2 is 1.84 bits per heavy atom. The van der Waals surface area contributed by atoms with E-state index < -0.39 is 17.8 Å². The highest BCUT2D eigenvalue weighted by atomic mass is 35.5. The molecule has 2 aliphatic rings. The molecule has 3 amide bonds. The monoisotopic (exact) mass is 714 g/mol. The molecule has 1 atom stereocenters. The third-order valence-electron chi connectivity index (χ3n) is 8.71. The Bertz CT molecular complexity index is 1870. The second kappa shape index (κ2) is 14.5. The summed E-state index contributed by atoms with van der Waals surface area (Å²) in [5.74, 6) is -1.22. The Hall–Kier alpha value is -5.00. The molecule has 0 saturated carbocycles. The first-order chi connectivity index (χ1) is 23.9. The van der Waals surface area contributed by atoms with Gasteiger partial charge in [-0.25, -0.2) is 14.6 Å². The first-order valence-electron chi connectivity index (χ1n) is 15.8. The number of nitrogen functional groups attached to an aromatic ring is 1. The standard InChI is InChI=1S/C32H34ClF3N10O4/c33-24-11-18(1-3-22(24)31(50)44-8-5-19(6-9-44)30(49)45-10-7-38-21(15-45)17-47)12-41-29(48)28-40-14-25(42-28)23-16-46(43-27(23)32(34,35)36)26-4-2-20(37)13-39-26/h1-4,11,13-14,16,19,21,38,47H,5-10,12,15,17,37H2,(H,40,42)(H,41,48)/t21-/m0/s1. The maximum Gasteiger partial charge on any atom is 0.435 e.